The minimum Gasteiger partial charge on any atom is -0.506 e. The fourth-order valence-corrected chi connectivity index (χ4v) is 15.7. The van der Waals surface area contributed by atoms with Gasteiger partial charge in [0.1, 0.15) is 40.9 Å². The number of hydrogen-bond donors (Lipinski definition) is 8. The first kappa shape index (κ1) is 82.6. The van der Waals surface area contributed by atoms with Crippen molar-refractivity contribution in [2.45, 2.75) is 144 Å². The number of carboxylic acid groups (broad SMARTS) is 2. The summed E-state index contributed by atoms with van der Waals surface area (Å²) in [4.78, 5) is 76.4. The first-order valence-corrected chi connectivity index (χ1v) is 37.3. The van der Waals surface area contributed by atoms with Crippen LogP contribution in [0.4, 0.5) is 0 Å². The summed E-state index contributed by atoms with van der Waals surface area (Å²) in [6.07, 6.45) is 7.49. The Bertz CT molecular complexity index is 2870. The molecule has 1 aliphatic heterocycles. The Labute approximate surface area is 629 Å². The lowest BCUT2D eigenvalue weighted by Crippen LogP contribution is -2.46. The SMILES string of the molecule is BrCC1CO1.CC(C)(C)C(=O)NC(Cc1cc(I)c(Oc2cc(I)c(O)c(I)c2)c(I)c1)C(=O)O.CCC(CCCCNOc1c(I)cc(Oc2c(I)cc(CC(NC(=O)C(C)(C)C)C(=O)O)cc2I)cc1I)C(C)=O.CNC(CCCCN)C(C)=O. The molecule has 484 valence electrons. The number of nitrogens with two attached hydrogens (primary N) is 1. The van der Waals surface area contributed by atoms with Crippen molar-refractivity contribution in [1.29, 1.82) is 0 Å². The molecule has 1 heterocycles. The summed E-state index contributed by atoms with van der Waals surface area (Å²) in [5.41, 5.74) is 8.58. The molecule has 5 rings (SSSR count). The van der Waals surface area contributed by atoms with Crippen LogP contribution >= 0.6 is 197 Å². The third-order valence-corrected chi connectivity index (χ3v) is 19.8. The summed E-state index contributed by atoms with van der Waals surface area (Å²) in [6, 6.07) is 12.8. The number of aliphatic carboxylic acids is 2. The van der Waals surface area contributed by atoms with E-state index in [9.17, 15) is 44.1 Å². The Morgan fingerprint density at radius 3 is 1.32 bits per heavy atom. The zero-order chi connectivity index (χ0) is 66.1. The van der Waals surface area contributed by atoms with Gasteiger partial charge < -0.3 is 56.1 Å². The molecule has 0 aromatic heterocycles. The molecule has 2 amide bonds. The van der Waals surface area contributed by atoms with Gasteiger partial charge in [-0.2, -0.15) is 5.48 Å². The largest absolute Gasteiger partial charge is 0.506 e. The van der Waals surface area contributed by atoms with E-state index in [1.54, 1.807) is 67.5 Å². The summed E-state index contributed by atoms with van der Waals surface area (Å²) < 4.78 is 23.6. The summed E-state index contributed by atoms with van der Waals surface area (Å²) >= 11 is 20.4. The average Bonchev–Trinajstić information content (AvgIpc) is 3.84. The number of ether oxygens (including phenoxy) is 3. The molecular formula is C60H78BrI8N5O13. The van der Waals surface area contributed by atoms with Crippen molar-refractivity contribution in [2.24, 2.45) is 22.5 Å². The number of carbonyl (C=O) groups is 6. The topological polar surface area (TPSA) is 277 Å². The third-order valence-electron chi connectivity index (χ3n) is 12.7. The van der Waals surface area contributed by atoms with Gasteiger partial charge in [0.25, 0.3) is 0 Å². The van der Waals surface area contributed by atoms with E-state index >= 15 is 0 Å². The molecular weight excluding hydrogens is 2090 g/mol. The molecule has 4 aromatic rings. The minimum atomic E-state index is -1.08. The second kappa shape index (κ2) is 41.3. The first-order chi connectivity index (χ1) is 40.6. The number of epoxide rings is 1. The molecule has 9 N–H and O–H groups in total. The van der Waals surface area contributed by atoms with Crippen molar-refractivity contribution in [2.75, 3.05) is 32.1 Å². The van der Waals surface area contributed by atoms with Gasteiger partial charge in [0.15, 0.2) is 17.2 Å². The number of phenols is 1. The molecule has 0 aliphatic carbocycles. The molecule has 1 fully saturated rings. The molecule has 1 aliphatic rings. The monoisotopic (exact) mass is 2170 g/mol. The van der Waals surface area contributed by atoms with E-state index in [0.29, 0.717) is 49.3 Å². The lowest BCUT2D eigenvalue weighted by molar-refractivity contribution is -0.143. The van der Waals surface area contributed by atoms with Crippen LogP contribution in [-0.4, -0.2) is 107 Å². The van der Waals surface area contributed by atoms with Gasteiger partial charge in [0.2, 0.25) is 11.8 Å². The van der Waals surface area contributed by atoms with Gasteiger partial charge in [-0.1, -0.05) is 77.2 Å². The van der Waals surface area contributed by atoms with Crippen LogP contribution in [0.1, 0.15) is 118 Å². The fourth-order valence-electron chi connectivity index (χ4n) is 7.41. The first-order valence-electron chi connectivity index (χ1n) is 27.6. The highest BCUT2D eigenvalue weighted by Crippen LogP contribution is 2.39. The summed E-state index contributed by atoms with van der Waals surface area (Å²) in [6.45, 7) is 18.2. The zero-order valence-corrected chi connectivity index (χ0v) is 68.9. The quantitative estimate of drug-likeness (QED) is 0.00863. The fraction of sp³-hybridized carbons (Fsp3) is 0.500. The number of rotatable bonds is 28. The van der Waals surface area contributed by atoms with Crippen molar-refractivity contribution >= 4 is 232 Å². The number of unbranched alkanes of at least 4 members (excludes halogenated alkanes) is 2. The number of ketones is 2. The van der Waals surface area contributed by atoms with Crippen LogP contribution in [0, 0.1) is 45.3 Å². The third kappa shape index (κ3) is 31.1. The van der Waals surface area contributed by atoms with Crippen molar-refractivity contribution in [3.63, 3.8) is 0 Å². The van der Waals surface area contributed by atoms with Crippen LogP contribution in [0.15, 0.2) is 48.5 Å². The number of alkyl halides is 1. The van der Waals surface area contributed by atoms with Crippen molar-refractivity contribution < 1.29 is 63.1 Å². The number of carboxylic acids is 2. The Hall–Kier alpha value is -0.540. The highest BCUT2D eigenvalue weighted by Gasteiger charge is 2.30. The van der Waals surface area contributed by atoms with Gasteiger partial charge in [-0.15, -0.1) is 0 Å². The molecule has 1 saturated heterocycles. The highest BCUT2D eigenvalue weighted by molar-refractivity contribution is 14.1. The predicted molar refractivity (Wildman–Crippen MR) is 412 cm³/mol. The molecule has 5 atom stereocenters. The van der Waals surface area contributed by atoms with E-state index < -0.39 is 34.9 Å². The highest BCUT2D eigenvalue weighted by atomic mass is 127. The molecule has 4 aromatic carbocycles. The van der Waals surface area contributed by atoms with E-state index in [-0.39, 0.29) is 53.9 Å². The van der Waals surface area contributed by atoms with Crippen LogP contribution in [0.2, 0.25) is 0 Å². The number of hydroxylamine groups is 1. The van der Waals surface area contributed by atoms with Gasteiger partial charge in [-0.25, -0.2) is 9.59 Å². The number of likely N-dealkylation sites (N-methyl/N-ethyl adjacent to an activating group) is 1. The smallest absolute Gasteiger partial charge is 0.326 e. The van der Waals surface area contributed by atoms with Gasteiger partial charge in [0, 0.05) is 41.5 Å². The standard InChI is InChI=1S/C29H36I4N2O6.C20H19I4NO5.C8H18N2O.C3H5BrO/c1-6-18(16(2)36)9-7-8-10-34-41-26-22(32)14-19(15-23(26)33)40-25-20(30)11-17(12-21(25)31)13-24(27(37)38)35-28(39)29(3,4)5;1-20(2,3)19(29)25-15(18(27)28)6-9-4-13(23)17(14(24)5-9)30-10-7-11(21)16(26)12(22)8-10;1-7(11)8(10-2)5-3-4-6-9;4-1-3-2-5-3/h11-12,14-15,18,24,34H,6-10,13H2,1-5H3,(H,35,39)(H,37,38);4-5,7-8,15,26H,6H2,1-3H3,(H,25,29)(H,27,28);8,10H,3-6,9H2,1-2H3;3H,1-2H2. The average molecular weight is 2170 g/mol. The summed E-state index contributed by atoms with van der Waals surface area (Å²) in [5, 5.41) is 38.4. The zero-order valence-electron chi connectivity index (χ0n) is 50.1. The Morgan fingerprint density at radius 2 is 1.01 bits per heavy atom. The molecule has 27 heteroatoms. The number of amides is 2. The maximum atomic E-state index is 12.4. The molecule has 0 spiro atoms. The van der Waals surface area contributed by atoms with Crippen LogP contribution in [0.25, 0.3) is 0 Å². The lowest BCUT2D eigenvalue weighted by atomic mass is 9.94. The number of carbonyl (C=O) groups excluding carboxylic acids is 4. The van der Waals surface area contributed by atoms with Gasteiger partial charge in [0.05, 0.1) is 47.3 Å². The maximum Gasteiger partial charge on any atom is 0.326 e. The molecule has 87 heavy (non-hydrogen) atoms. The van der Waals surface area contributed by atoms with E-state index in [2.05, 4.69) is 180 Å². The second-order valence-corrected chi connectivity index (χ2v) is 32.1. The van der Waals surface area contributed by atoms with Crippen molar-refractivity contribution in [1.82, 2.24) is 21.4 Å². The number of phenolic OH excluding ortho intramolecular Hbond substituents is 1. The molecule has 0 saturated carbocycles. The van der Waals surface area contributed by atoms with Gasteiger partial charge in [-0.3, -0.25) is 19.2 Å². The number of benzene rings is 4. The van der Waals surface area contributed by atoms with Crippen LogP contribution in [-0.2, 0) is 46.3 Å². The number of nitrogens with one attached hydrogen (secondary N) is 4. The van der Waals surface area contributed by atoms with Gasteiger partial charge in [-0.05, 0) is 300 Å². The van der Waals surface area contributed by atoms with Crippen LogP contribution < -0.4 is 41.5 Å². The van der Waals surface area contributed by atoms with Crippen molar-refractivity contribution in [3.8, 4) is 34.5 Å². The van der Waals surface area contributed by atoms with Crippen molar-refractivity contribution in [3.05, 3.63) is 88.2 Å². The second-order valence-electron chi connectivity index (χ2n) is 22.1. The van der Waals surface area contributed by atoms with Crippen LogP contribution in [0.5, 0.6) is 34.5 Å². The predicted octanol–water partition coefficient (Wildman–Crippen LogP) is 14.6. The molecule has 18 nitrogen and oxygen atoms in total. The summed E-state index contributed by atoms with van der Waals surface area (Å²) in [5.74, 6) is 1.39. The summed E-state index contributed by atoms with van der Waals surface area (Å²) in [7, 11) is 1.81. The van der Waals surface area contributed by atoms with E-state index in [1.807, 2.05) is 88.6 Å². The van der Waals surface area contributed by atoms with E-state index in [4.69, 9.17) is 24.8 Å². The van der Waals surface area contributed by atoms with Gasteiger partial charge >= 0.3 is 11.9 Å². The lowest BCUT2D eigenvalue weighted by Gasteiger charge is -2.22. The molecule has 0 radical (unpaired) electrons. The number of hydrogen-bond acceptors (Lipinski definition) is 14. The Morgan fingerprint density at radius 1 is 0.621 bits per heavy atom. The normalized spacial score (nSPS) is 14.0. The number of Topliss-reactive ketones (excluding diaryl/α,β-unsaturated/α-hetero) is 2. The number of aromatic hydroxyl groups is 1. The molecule has 0 bridgehead atoms. The maximum absolute atomic E-state index is 12.4. The van der Waals surface area contributed by atoms with E-state index in [1.165, 1.54) is 0 Å². The van der Waals surface area contributed by atoms with Crippen LogP contribution in [0.3, 0.4) is 0 Å². The Kier molecular flexibility index (Phi) is 39.2. The number of halogens is 9. The minimum absolute atomic E-state index is 0.0292. The van der Waals surface area contributed by atoms with E-state index in [0.717, 1.165) is 95.2 Å². The Balaban J connectivity index is 0.000000484. The molecule has 5 unspecified atom stereocenters.